The highest BCUT2D eigenvalue weighted by atomic mass is 33.1. The Morgan fingerprint density at radius 3 is 2.35 bits per heavy atom. The van der Waals surface area contributed by atoms with Gasteiger partial charge in [0.05, 0.1) is 10.8 Å². The number of nitrogens with one attached hydrogen (secondary N) is 3. The van der Waals surface area contributed by atoms with Crippen LogP contribution in [-0.2, 0) is 25.6 Å². The second kappa shape index (κ2) is 12.3. The van der Waals surface area contributed by atoms with Crippen molar-refractivity contribution in [3.63, 3.8) is 0 Å². The Hall–Kier alpha value is -3.22. The average Bonchev–Trinajstić information content (AvgIpc) is 2.87. The van der Waals surface area contributed by atoms with Crippen molar-refractivity contribution >= 4 is 45.3 Å². The summed E-state index contributed by atoms with van der Waals surface area (Å²) in [7, 11) is 2.42. The van der Waals surface area contributed by atoms with E-state index >= 15 is 0 Å². The number of hydrogen-bond acceptors (Lipinski definition) is 8. The van der Waals surface area contributed by atoms with E-state index < -0.39 is 52.6 Å². The normalized spacial score (nSPS) is 23.1. The molecule has 0 aromatic heterocycles. The first kappa shape index (κ1) is 28.4. The van der Waals surface area contributed by atoms with Crippen LogP contribution in [0.2, 0.25) is 0 Å². The second-order valence-electron chi connectivity index (χ2n) is 9.14. The Bertz CT molecular complexity index is 1130. The van der Waals surface area contributed by atoms with Gasteiger partial charge in [-0.15, -0.1) is 0 Å². The van der Waals surface area contributed by atoms with E-state index in [1.54, 1.807) is 56.3 Å². The summed E-state index contributed by atoms with van der Waals surface area (Å²) in [6.45, 7) is 3.38. The Kier molecular flexibility index (Phi) is 9.46. The maximum absolute atomic E-state index is 13.3. The van der Waals surface area contributed by atoms with Gasteiger partial charge in [-0.2, -0.15) is 0 Å². The molecule has 37 heavy (non-hydrogen) atoms. The Balaban J connectivity index is 1.84. The van der Waals surface area contributed by atoms with Crippen molar-refractivity contribution in [3.8, 4) is 5.75 Å². The molecule has 0 spiro atoms. The van der Waals surface area contributed by atoms with Gasteiger partial charge < -0.3 is 31.9 Å². The molecule has 1 fully saturated rings. The van der Waals surface area contributed by atoms with Crippen LogP contribution in [0.15, 0.2) is 54.6 Å². The number of carbonyl (C=O) groups excluding carboxylic acids is 3. The van der Waals surface area contributed by atoms with Gasteiger partial charge in [0.1, 0.15) is 23.9 Å². The number of rotatable bonds is 6. The van der Waals surface area contributed by atoms with E-state index in [1.807, 2.05) is 0 Å². The number of amides is 3. The predicted molar refractivity (Wildman–Crippen MR) is 143 cm³/mol. The van der Waals surface area contributed by atoms with E-state index in [0.29, 0.717) is 5.56 Å². The van der Waals surface area contributed by atoms with Crippen molar-refractivity contribution in [2.75, 3.05) is 5.75 Å². The number of phenols is 1. The van der Waals surface area contributed by atoms with Crippen molar-refractivity contribution in [2.45, 2.75) is 49.2 Å². The van der Waals surface area contributed by atoms with Crippen LogP contribution in [0.1, 0.15) is 31.0 Å². The molecular weight excluding hydrogens is 516 g/mol. The number of nitrogens with two attached hydrogens (primary N) is 1. The second-order valence-corrected chi connectivity index (χ2v) is 12.1. The zero-order valence-corrected chi connectivity index (χ0v) is 22.0. The summed E-state index contributed by atoms with van der Waals surface area (Å²) in [6.07, 6.45) is 0.185. The lowest BCUT2D eigenvalue weighted by molar-refractivity contribution is -0.143. The van der Waals surface area contributed by atoms with Gasteiger partial charge in [-0.25, -0.2) is 4.79 Å². The molecule has 2 aromatic carbocycles. The van der Waals surface area contributed by atoms with Gasteiger partial charge in [0.25, 0.3) is 0 Å². The summed E-state index contributed by atoms with van der Waals surface area (Å²) >= 11 is 0. The fourth-order valence-corrected chi connectivity index (χ4v) is 6.50. The van der Waals surface area contributed by atoms with Crippen molar-refractivity contribution in [2.24, 2.45) is 5.73 Å². The minimum Gasteiger partial charge on any atom is -0.508 e. The number of aliphatic carboxylic acids is 1. The third-order valence-corrected chi connectivity index (χ3v) is 9.08. The maximum Gasteiger partial charge on any atom is 0.327 e. The SMILES string of the molecule is CC1(C)SSC[C@@H](NC(=O)[C@@H](N)Cc2ccc(O)cc2)C(=O)NC(c2ccccc2)C(=O)N[C@H]1C(=O)O. The Morgan fingerprint density at radius 1 is 1.08 bits per heavy atom. The topological polar surface area (TPSA) is 171 Å². The zero-order chi connectivity index (χ0) is 27.2. The van der Waals surface area contributed by atoms with Gasteiger partial charge >= 0.3 is 5.97 Å². The molecule has 4 atom stereocenters. The van der Waals surface area contributed by atoms with Gasteiger partial charge in [0, 0.05) is 5.75 Å². The highest BCUT2D eigenvalue weighted by Gasteiger charge is 2.41. The van der Waals surface area contributed by atoms with Crippen LogP contribution < -0.4 is 21.7 Å². The van der Waals surface area contributed by atoms with Gasteiger partial charge in [0.2, 0.25) is 17.7 Å². The highest BCUT2D eigenvalue weighted by Crippen LogP contribution is 2.39. The largest absolute Gasteiger partial charge is 0.508 e. The number of carboxylic acids is 1. The lowest BCUT2D eigenvalue weighted by Crippen LogP contribution is -2.56. The molecule has 1 saturated heterocycles. The standard InChI is InChI=1S/C25H30N4O6S2/c1-25(2)20(24(34)35)29-23(33)19(15-6-4-3-5-7-15)28-22(32)18(13-36-37-25)27-21(31)17(26)12-14-8-10-16(30)11-9-14/h3-11,17-20,30H,12-13,26H2,1-2H3,(H,27,31)(H,28,32)(H,29,33)(H,34,35)/t17-,18+,19?,20-/m0/s1. The van der Waals surface area contributed by atoms with Crippen LogP contribution in [0.25, 0.3) is 0 Å². The quantitative estimate of drug-likeness (QED) is 0.293. The van der Waals surface area contributed by atoms with Crippen LogP contribution in [0.3, 0.4) is 0 Å². The first-order chi connectivity index (χ1) is 17.5. The molecule has 0 aliphatic carbocycles. The molecule has 0 radical (unpaired) electrons. The number of carboxylic acid groups (broad SMARTS) is 1. The van der Waals surface area contributed by atoms with E-state index in [0.717, 1.165) is 5.56 Å². The molecule has 3 rings (SSSR count). The summed E-state index contributed by atoms with van der Waals surface area (Å²) < 4.78 is -0.940. The van der Waals surface area contributed by atoms with Crippen LogP contribution in [0.5, 0.6) is 5.75 Å². The molecule has 7 N–H and O–H groups in total. The van der Waals surface area contributed by atoms with Crippen molar-refractivity contribution in [1.29, 1.82) is 0 Å². The lowest BCUT2D eigenvalue weighted by atomic mass is 10.0. The molecule has 3 amide bonds. The molecule has 0 saturated carbocycles. The van der Waals surface area contributed by atoms with Crippen LogP contribution in [-0.4, -0.2) is 62.5 Å². The molecule has 198 valence electrons. The van der Waals surface area contributed by atoms with Gasteiger partial charge in [-0.3, -0.25) is 14.4 Å². The van der Waals surface area contributed by atoms with Gasteiger partial charge in [-0.1, -0.05) is 64.1 Å². The van der Waals surface area contributed by atoms with E-state index in [-0.39, 0.29) is 17.9 Å². The third kappa shape index (κ3) is 7.63. The van der Waals surface area contributed by atoms with Crippen molar-refractivity contribution in [3.05, 3.63) is 65.7 Å². The third-order valence-electron chi connectivity index (χ3n) is 5.78. The zero-order valence-electron chi connectivity index (χ0n) is 20.3. The van der Waals surface area contributed by atoms with E-state index in [2.05, 4.69) is 16.0 Å². The van der Waals surface area contributed by atoms with Gasteiger partial charge in [-0.05, 0) is 43.5 Å². The van der Waals surface area contributed by atoms with Gasteiger partial charge in [0.15, 0.2) is 0 Å². The first-order valence-electron chi connectivity index (χ1n) is 11.5. The number of phenolic OH excluding ortho intramolecular Hbond substituents is 1. The maximum atomic E-state index is 13.3. The average molecular weight is 547 g/mol. The monoisotopic (exact) mass is 546 g/mol. The molecule has 1 heterocycles. The molecule has 1 aliphatic heterocycles. The summed E-state index contributed by atoms with van der Waals surface area (Å²) in [4.78, 5) is 51.4. The smallest absolute Gasteiger partial charge is 0.327 e. The van der Waals surface area contributed by atoms with Crippen LogP contribution >= 0.6 is 21.6 Å². The van der Waals surface area contributed by atoms with Crippen LogP contribution in [0.4, 0.5) is 0 Å². The molecule has 10 nitrogen and oxygen atoms in total. The summed E-state index contributed by atoms with van der Waals surface area (Å²) in [6, 6.07) is 10.3. The predicted octanol–water partition coefficient (Wildman–Crippen LogP) is 1.35. The number of carbonyl (C=O) groups is 4. The Morgan fingerprint density at radius 2 is 1.73 bits per heavy atom. The fraction of sp³-hybridized carbons (Fsp3) is 0.360. The molecule has 1 aliphatic rings. The lowest BCUT2D eigenvalue weighted by Gasteiger charge is -2.31. The minimum absolute atomic E-state index is 0.0930. The minimum atomic E-state index is -1.23. The summed E-state index contributed by atoms with van der Waals surface area (Å²) in [5, 5.41) is 27.2. The molecule has 2 aromatic rings. The summed E-state index contributed by atoms with van der Waals surface area (Å²) in [5.41, 5.74) is 7.29. The van der Waals surface area contributed by atoms with E-state index in [4.69, 9.17) is 5.73 Å². The first-order valence-corrected chi connectivity index (χ1v) is 13.8. The van der Waals surface area contributed by atoms with E-state index in [9.17, 15) is 29.4 Å². The fourth-order valence-electron chi connectivity index (χ4n) is 3.69. The highest BCUT2D eigenvalue weighted by molar-refractivity contribution is 8.77. The summed E-state index contributed by atoms with van der Waals surface area (Å²) in [5.74, 6) is -2.84. The molecule has 0 bridgehead atoms. The molecular formula is C25H30N4O6S2. The van der Waals surface area contributed by atoms with Crippen molar-refractivity contribution < 1.29 is 29.4 Å². The molecule has 1 unspecified atom stereocenters. The van der Waals surface area contributed by atoms with E-state index in [1.165, 1.54) is 33.7 Å². The Labute approximate surface area is 222 Å². The number of benzene rings is 2. The number of aromatic hydroxyl groups is 1. The van der Waals surface area contributed by atoms with Crippen molar-refractivity contribution in [1.82, 2.24) is 16.0 Å². The number of hydrogen-bond donors (Lipinski definition) is 6. The molecule has 12 heteroatoms. The van der Waals surface area contributed by atoms with Crippen LogP contribution in [0, 0.1) is 0 Å².